The summed E-state index contributed by atoms with van der Waals surface area (Å²) >= 11 is 0. The van der Waals surface area contributed by atoms with E-state index < -0.39 is 0 Å². The van der Waals surface area contributed by atoms with Gasteiger partial charge >= 0.3 is 0 Å². The van der Waals surface area contributed by atoms with E-state index in [-0.39, 0.29) is 5.91 Å². The van der Waals surface area contributed by atoms with Gasteiger partial charge in [-0.25, -0.2) is 4.98 Å². The third kappa shape index (κ3) is 8.17. The first-order valence-electron chi connectivity index (χ1n) is 14.4. The van der Waals surface area contributed by atoms with Gasteiger partial charge in [0.05, 0.1) is 54.4 Å². The number of likely N-dealkylation sites (N-methyl/N-ethyl adjacent to an activating group) is 2. The Bertz CT molecular complexity index is 1590. The monoisotopic (exact) mass is 603 g/mol. The number of fused-ring (bicyclic) bond motifs is 1. The number of hydrogen-bond acceptors (Lipinski definition) is 10. The van der Waals surface area contributed by atoms with Crippen LogP contribution in [-0.2, 0) is 0 Å². The number of anilines is 2. The number of H-pyrrole nitrogens is 1. The second-order valence-electron chi connectivity index (χ2n) is 10.6. The van der Waals surface area contributed by atoms with Gasteiger partial charge in [-0.05, 0) is 63.0 Å². The van der Waals surface area contributed by atoms with Crippen molar-refractivity contribution in [2.45, 2.75) is 6.42 Å². The second kappa shape index (κ2) is 15.1. The van der Waals surface area contributed by atoms with E-state index in [2.05, 4.69) is 32.1 Å². The number of imidazole rings is 1. The summed E-state index contributed by atoms with van der Waals surface area (Å²) in [6, 6.07) is 14.0. The molecule has 3 aromatic carbocycles. The van der Waals surface area contributed by atoms with Gasteiger partial charge < -0.3 is 45.8 Å². The highest BCUT2D eigenvalue weighted by molar-refractivity contribution is 5.96. The number of aromatic amines is 1. The number of nitrogens with two attached hydrogens (primary N) is 2. The SMILES string of the molecule is COc1cc(-c2nc3ccc(OCCCN(C)CCN(C)CCNC(=O)c4ccc(N)c(N)c4)cc3[nH]2)c(OC)cc1C=O. The Kier molecular flexibility index (Phi) is 11.0. The fourth-order valence-corrected chi connectivity index (χ4v) is 4.67. The van der Waals surface area contributed by atoms with Crippen molar-refractivity contribution in [3.8, 4) is 28.6 Å². The molecule has 0 atom stereocenters. The summed E-state index contributed by atoms with van der Waals surface area (Å²) < 4.78 is 16.9. The van der Waals surface area contributed by atoms with Gasteiger partial charge in [0.25, 0.3) is 5.91 Å². The Morgan fingerprint density at radius 3 is 2.39 bits per heavy atom. The van der Waals surface area contributed by atoms with Gasteiger partial charge in [-0.1, -0.05) is 0 Å². The van der Waals surface area contributed by atoms with Crippen molar-refractivity contribution in [2.75, 3.05) is 79.1 Å². The molecular weight excluding hydrogens is 562 g/mol. The van der Waals surface area contributed by atoms with Crippen LogP contribution < -0.4 is 31.0 Å². The Morgan fingerprint density at radius 2 is 1.68 bits per heavy atom. The number of nitrogens with zero attached hydrogens (tertiary/aromatic N) is 3. The predicted octanol–water partition coefficient (Wildman–Crippen LogP) is 3.29. The summed E-state index contributed by atoms with van der Waals surface area (Å²) in [5.74, 6) is 2.15. The lowest BCUT2D eigenvalue weighted by atomic mass is 10.1. The number of ether oxygens (including phenoxy) is 3. The third-order valence-corrected chi connectivity index (χ3v) is 7.33. The molecule has 12 nitrogen and oxygen atoms in total. The number of aldehydes is 1. The molecule has 0 fully saturated rings. The van der Waals surface area contributed by atoms with Gasteiger partial charge in [0.15, 0.2) is 6.29 Å². The number of aromatic nitrogens is 2. The predicted molar refractivity (Wildman–Crippen MR) is 173 cm³/mol. The minimum atomic E-state index is -0.166. The molecule has 0 spiro atoms. The number of rotatable bonds is 16. The third-order valence-electron chi connectivity index (χ3n) is 7.33. The molecule has 1 amide bonds. The molecule has 234 valence electrons. The van der Waals surface area contributed by atoms with Crippen molar-refractivity contribution in [1.29, 1.82) is 0 Å². The number of nitrogens with one attached hydrogen (secondary N) is 2. The standard InChI is InChI=1S/C32H41N7O5/c1-38(13-14-39(2)12-10-35-32(41)21-6-8-25(33)26(34)16-21)11-5-15-44-23-7-9-27-28(18-23)37-31(36-27)24-19-29(42-3)22(20-40)17-30(24)43-4/h6-9,16-20H,5,10-15,33-34H2,1-4H3,(H,35,41)(H,36,37). The maximum absolute atomic E-state index is 12.3. The van der Waals surface area contributed by atoms with E-state index in [1.54, 1.807) is 37.4 Å². The smallest absolute Gasteiger partial charge is 0.251 e. The summed E-state index contributed by atoms with van der Waals surface area (Å²) in [5.41, 5.74) is 15.6. The topological polar surface area (TPSA) is 161 Å². The van der Waals surface area contributed by atoms with Gasteiger partial charge in [-0.3, -0.25) is 9.59 Å². The van der Waals surface area contributed by atoms with E-state index in [1.807, 2.05) is 25.2 Å². The van der Waals surface area contributed by atoms with E-state index in [1.165, 1.54) is 7.11 Å². The Labute approximate surface area is 257 Å². The number of nitrogen functional groups attached to an aromatic ring is 2. The van der Waals surface area contributed by atoms with Crippen LogP contribution in [0, 0.1) is 0 Å². The number of benzene rings is 3. The lowest BCUT2D eigenvalue weighted by molar-refractivity contribution is 0.0949. The summed E-state index contributed by atoms with van der Waals surface area (Å²) in [7, 11) is 7.19. The molecule has 4 rings (SSSR count). The van der Waals surface area contributed by atoms with Crippen molar-refractivity contribution in [3.05, 3.63) is 59.7 Å². The number of carbonyl (C=O) groups excluding carboxylic acids is 2. The number of amides is 1. The largest absolute Gasteiger partial charge is 0.496 e. The van der Waals surface area contributed by atoms with Gasteiger partial charge in [0.1, 0.15) is 23.1 Å². The molecule has 1 aromatic heterocycles. The molecule has 44 heavy (non-hydrogen) atoms. The molecule has 0 bridgehead atoms. The summed E-state index contributed by atoms with van der Waals surface area (Å²) in [5, 5.41) is 2.92. The molecule has 0 saturated carbocycles. The number of hydrogen-bond donors (Lipinski definition) is 4. The molecule has 6 N–H and O–H groups in total. The summed E-state index contributed by atoms with van der Waals surface area (Å²) in [4.78, 5) is 36.2. The normalized spacial score (nSPS) is 11.2. The van der Waals surface area contributed by atoms with E-state index >= 15 is 0 Å². The quantitative estimate of drug-likeness (QED) is 0.0850. The van der Waals surface area contributed by atoms with Crippen LogP contribution in [0.1, 0.15) is 27.1 Å². The molecule has 0 saturated heterocycles. The molecule has 12 heteroatoms. The van der Waals surface area contributed by atoms with Crippen molar-refractivity contribution >= 4 is 34.6 Å². The fraction of sp³-hybridized carbons (Fsp3) is 0.344. The minimum Gasteiger partial charge on any atom is -0.496 e. The van der Waals surface area contributed by atoms with Crippen LogP contribution in [-0.4, -0.2) is 99.6 Å². The summed E-state index contributed by atoms with van der Waals surface area (Å²) in [6.07, 6.45) is 1.60. The highest BCUT2D eigenvalue weighted by Crippen LogP contribution is 2.35. The highest BCUT2D eigenvalue weighted by Gasteiger charge is 2.16. The van der Waals surface area contributed by atoms with Crippen LogP contribution in [0.25, 0.3) is 22.4 Å². The summed E-state index contributed by atoms with van der Waals surface area (Å²) in [6.45, 7) is 4.49. The van der Waals surface area contributed by atoms with E-state index in [0.717, 1.165) is 55.7 Å². The van der Waals surface area contributed by atoms with Crippen molar-refractivity contribution in [1.82, 2.24) is 25.1 Å². The first kappa shape index (κ1) is 32.1. The van der Waals surface area contributed by atoms with Crippen LogP contribution in [0.5, 0.6) is 17.2 Å². The molecule has 4 aromatic rings. The first-order chi connectivity index (χ1) is 21.2. The minimum absolute atomic E-state index is 0.166. The maximum atomic E-state index is 12.3. The van der Waals surface area contributed by atoms with Crippen LogP contribution in [0.2, 0.25) is 0 Å². The van der Waals surface area contributed by atoms with E-state index in [0.29, 0.717) is 58.5 Å². The highest BCUT2D eigenvalue weighted by atomic mass is 16.5. The van der Waals surface area contributed by atoms with Crippen molar-refractivity contribution in [3.63, 3.8) is 0 Å². The molecular formula is C32H41N7O5. The second-order valence-corrected chi connectivity index (χ2v) is 10.6. The zero-order valence-corrected chi connectivity index (χ0v) is 25.7. The van der Waals surface area contributed by atoms with Gasteiger partial charge in [0, 0.05) is 44.4 Å². The molecule has 0 unspecified atom stereocenters. The zero-order chi connectivity index (χ0) is 31.6. The lowest BCUT2D eigenvalue weighted by Crippen LogP contribution is -2.37. The lowest BCUT2D eigenvalue weighted by Gasteiger charge is -2.22. The molecule has 0 aliphatic rings. The van der Waals surface area contributed by atoms with Gasteiger partial charge in [-0.2, -0.15) is 0 Å². The average Bonchev–Trinajstić information content (AvgIpc) is 3.46. The van der Waals surface area contributed by atoms with Crippen LogP contribution in [0.3, 0.4) is 0 Å². The Hall–Kier alpha value is -4.81. The Morgan fingerprint density at radius 1 is 0.932 bits per heavy atom. The van der Waals surface area contributed by atoms with Gasteiger partial charge in [0.2, 0.25) is 0 Å². The number of carbonyl (C=O) groups is 2. The zero-order valence-electron chi connectivity index (χ0n) is 25.7. The molecule has 0 radical (unpaired) electrons. The first-order valence-corrected chi connectivity index (χ1v) is 14.4. The van der Waals surface area contributed by atoms with E-state index in [4.69, 9.17) is 25.7 Å². The van der Waals surface area contributed by atoms with Crippen molar-refractivity contribution in [2.24, 2.45) is 0 Å². The number of methoxy groups -OCH3 is 2. The Balaban J connectivity index is 1.19. The van der Waals surface area contributed by atoms with Crippen LogP contribution >= 0.6 is 0 Å². The fourth-order valence-electron chi connectivity index (χ4n) is 4.67. The maximum Gasteiger partial charge on any atom is 0.251 e. The molecule has 0 aliphatic heterocycles. The van der Waals surface area contributed by atoms with Gasteiger partial charge in [-0.15, -0.1) is 0 Å². The molecule has 0 aliphatic carbocycles. The van der Waals surface area contributed by atoms with Crippen LogP contribution in [0.4, 0.5) is 11.4 Å². The van der Waals surface area contributed by atoms with Crippen LogP contribution in [0.15, 0.2) is 48.5 Å². The average molecular weight is 604 g/mol. The molecule has 1 heterocycles. The van der Waals surface area contributed by atoms with Crippen molar-refractivity contribution < 1.29 is 23.8 Å². The van der Waals surface area contributed by atoms with E-state index in [9.17, 15) is 9.59 Å².